The smallest absolute Gasteiger partial charge is 0.462 e. The number of carbonyl (C=O) groups excluding carboxylic acids is 4. The van der Waals surface area contributed by atoms with Crippen molar-refractivity contribution in [2.75, 3.05) is 39.6 Å². The first-order valence-electron chi connectivity index (χ1n) is 40.2. The van der Waals surface area contributed by atoms with Gasteiger partial charge in [0.2, 0.25) is 0 Å². The van der Waals surface area contributed by atoms with Crippen LogP contribution in [0.25, 0.3) is 0 Å². The third-order valence-electron chi connectivity index (χ3n) is 18.4. The van der Waals surface area contributed by atoms with Crippen LogP contribution in [0.1, 0.15) is 396 Å². The first-order valence-corrected chi connectivity index (χ1v) is 43.2. The van der Waals surface area contributed by atoms with Crippen LogP contribution in [0.2, 0.25) is 0 Å². The molecule has 0 saturated heterocycles. The van der Waals surface area contributed by atoms with Gasteiger partial charge in [-0.2, -0.15) is 0 Å². The average Bonchev–Trinajstić information content (AvgIpc) is 1.62. The van der Waals surface area contributed by atoms with Crippen LogP contribution >= 0.6 is 15.6 Å². The molecule has 0 aromatic rings. The van der Waals surface area contributed by atoms with E-state index < -0.39 is 97.5 Å². The van der Waals surface area contributed by atoms with Crippen molar-refractivity contribution in [1.29, 1.82) is 0 Å². The number of hydrogen-bond donors (Lipinski definition) is 3. The Bertz CT molecular complexity index is 1900. The van der Waals surface area contributed by atoms with Crippen molar-refractivity contribution in [2.24, 2.45) is 23.7 Å². The van der Waals surface area contributed by atoms with E-state index in [9.17, 15) is 43.2 Å². The van der Waals surface area contributed by atoms with Crippen LogP contribution in [0.4, 0.5) is 0 Å². The van der Waals surface area contributed by atoms with E-state index in [4.69, 9.17) is 37.0 Å². The van der Waals surface area contributed by atoms with Crippen molar-refractivity contribution in [3.05, 3.63) is 0 Å². The normalized spacial score (nSPS) is 14.4. The molecule has 6 atom stereocenters. The van der Waals surface area contributed by atoms with Gasteiger partial charge in [-0.15, -0.1) is 0 Å². The SMILES string of the molecule is CCC(C)CCCCCCCCCCCCCCCCC(=O)O[C@H](COC(=O)CCCCCCCCCCCCCC(C)C)COP(=O)(O)OCC(O)COP(=O)(O)OC[C@@H](COC(=O)CCCCCCCCCC(C)C)OC(=O)CCCCCCCCCCCCCCC(C)C. The first kappa shape index (κ1) is 95.1. The molecule has 0 aliphatic rings. The molecule has 0 aliphatic heterocycles. The van der Waals surface area contributed by atoms with E-state index in [-0.39, 0.29) is 25.7 Å². The number of phosphoric acid groups is 2. The number of hydrogen-bond acceptors (Lipinski definition) is 15. The fourth-order valence-corrected chi connectivity index (χ4v) is 13.5. The molecule has 0 heterocycles. The lowest BCUT2D eigenvalue weighted by Crippen LogP contribution is -2.30. The largest absolute Gasteiger partial charge is 0.472 e. The third-order valence-corrected chi connectivity index (χ3v) is 20.3. The van der Waals surface area contributed by atoms with E-state index in [1.807, 2.05) is 0 Å². The van der Waals surface area contributed by atoms with Gasteiger partial charge in [0.15, 0.2) is 12.2 Å². The second-order valence-corrected chi connectivity index (χ2v) is 32.7. The summed E-state index contributed by atoms with van der Waals surface area (Å²) in [6.07, 6.45) is 52.7. The maximum atomic E-state index is 13.1. The van der Waals surface area contributed by atoms with E-state index in [2.05, 4.69) is 55.4 Å². The van der Waals surface area contributed by atoms with Gasteiger partial charge >= 0.3 is 39.5 Å². The molecule has 0 aromatic heterocycles. The Morgan fingerprint density at radius 1 is 0.289 bits per heavy atom. The number of aliphatic hydroxyl groups excluding tert-OH is 1. The Labute approximate surface area is 594 Å². The number of esters is 4. The summed E-state index contributed by atoms with van der Waals surface area (Å²) in [7, 11) is -9.92. The molecule has 0 bridgehead atoms. The van der Waals surface area contributed by atoms with E-state index in [1.165, 1.54) is 193 Å². The molecule has 0 aliphatic carbocycles. The molecule has 17 nitrogen and oxygen atoms in total. The van der Waals surface area contributed by atoms with Gasteiger partial charge in [0.1, 0.15) is 19.3 Å². The molecule has 0 rings (SSSR count). The van der Waals surface area contributed by atoms with Crippen molar-refractivity contribution in [3.63, 3.8) is 0 Å². The van der Waals surface area contributed by atoms with Gasteiger partial charge in [0, 0.05) is 25.7 Å². The lowest BCUT2D eigenvalue weighted by Gasteiger charge is -2.21. The summed E-state index contributed by atoms with van der Waals surface area (Å²) < 4.78 is 68.6. The quantitative estimate of drug-likeness (QED) is 0.0222. The van der Waals surface area contributed by atoms with Crippen LogP contribution in [0, 0.1) is 23.7 Å². The maximum absolute atomic E-state index is 13.1. The summed E-state index contributed by atoms with van der Waals surface area (Å²) in [5, 5.41) is 10.6. The summed E-state index contributed by atoms with van der Waals surface area (Å²) in [6.45, 7) is 14.2. The van der Waals surface area contributed by atoms with E-state index in [0.29, 0.717) is 31.6 Å². The Kier molecular flexibility index (Phi) is 65.9. The summed E-state index contributed by atoms with van der Waals surface area (Å²) in [4.78, 5) is 72.9. The second-order valence-electron chi connectivity index (χ2n) is 29.8. The Morgan fingerprint density at radius 2 is 0.495 bits per heavy atom. The van der Waals surface area contributed by atoms with Crippen LogP contribution in [-0.4, -0.2) is 96.7 Å². The number of carbonyl (C=O) groups is 4. The predicted octanol–water partition coefficient (Wildman–Crippen LogP) is 22.8. The molecule has 0 amide bonds. The van der Waals surface area contributed by atoms with Crippen molar-refractivity contribution >= 4 is 39.5 Å². The second kappa shape index (κ2) is 67.2. The number of unbranched alkanes of at least 4 members (excludes halogenated alkanes) is 40. The fourth-order valence-electron chi connectivity index (χ4n) is 11.9. The van der Waals surface area contributed by atoms with Crippen molar-refractivity contribution in [1.82, 2.24) is 0 Å². The highest BCUT2D eigenvalue weighted by Crippen LogP contribution is 2.45. The standard InChI is InChI=1S/C78H152O17P2/c1-9-71(8)57-49-41-33-25-19-12-10-11-13-20-27-35-44-52-60-77(82)94-73(64-88-75(80)58-50-42-34-26-22-16-18-24-31-39-47-55-69(4)5)66-92-96(84,85)90-62-72(79)63-91-97(86,87)93-67-74(65-89-76(81)59-51-43-37-29-32-40-48-56-70(6)7)95-78(83)61-53-45-36-28-21-15-14-17-23-30-38-46-54-68(2)3/h68-74,79H,9-67H2,1-8H3,(H,84,85)(H,86,87)/t71?,72?,73-,74-/m1/s1. The van der Waals surface area contributed by atoms with E-state index in [1.54, 1.807) is 0 Å². The van der Waals surface area contributed by atoms with Crippen LogP contribution < -0.4 is 0 Å². The van der Waals surface area contributed by atoms with Gasteiger partial charge in [-0.1, -0.05) is 344 Å². The summed E-state index contributed by atoms with van der Waals surface area (Å²) >= 11 is 0. The van der Waals surface area contributed by atoms with Gasteiger partial charge in [0.05, 0.1) is 26.4 Å². The Hall–Kier alpha value is -1.94. The molecule has 4 unspecified atom stereocenters. The van der Waals surface area contributed by atoms with Crippen molar-refractivity contribution in [2.45, 2.75) is 414 Å². The number of ether oxygens (including phenoxy) is 4. The van der Waals surface area contributed by atoms with Gasteiger partial charge in [-0.3, -0.25) is 37.3 Å². The average molecular weight is 1420 g/mol. The molecule has 0 aromatic carbocycles. The molecule has 3 N–H and O–H groups in total. The number of aliphatic hydroxyl groups is 1. The van der Waals surface area contributed by atoms with Crippen molar-refractivity contribution in [3.8, 4) is 0 Å². The molecule has 0 radical (unpaired) electrons. The number of rotatable bonds is 75. The van der Waals surface area contributed by atoms with Gasteiger partial charge < -0.3 is 33.8 Å². The highest BCUT2D eigenvalue weighted by molar-refractivity contribution is 7.47. The molecule has 0 spiro atoms. The minimum atomic E-state index is -4.96. The number of phosphoric ester groups is 2. The molecular weight excluding hydrogens is 1270 g/mol. The topological polar surface area (TPSA) is 237 Å². The highest BCUT2D eigenvalue weighted by atomic mass is 31.2. The minimum absolute atomic E-state index is 0.106. The highest BCUT2D eigenvalue weighted by Gasteiger charge is 2.30. The van der Waals surface area contributed by atoms with Crippen LogP contribution in [0.3, 0.4) is 0 Å². The maximum Gasteiger partial charge on any atom is 0.472 e. The van der Waals surface area contributed by atoms with Crippen LogP contribution in [0.15, 0.2) is 0 Å². The van der Waals surface area contributed by atoms with Crippen LogP contribution in [0.5, 0.6) is 0 Å². The lowest BCUT2D eigenvalue weighted by molar-refractivity contribution is -0.161. The van der Waals surface area contributed by atoms with E-state index in [0.717, 1.165) is 114 Å². The minimum Gasteiger partial charge on any atom is -0.462 e. The molecule has 97 heavy (non-hydrogen) atoms. The zero-order valence-electron chi connectivity index (χ0n) is 63.7. The van der Waals surface area contributed by atoms with Gasteiger partial charge in [-0.25, -0.2) is 9.13 Å². The Morgan fingerprint density at radius 3 is 0.732 bits per heavy atom. The zero-order valence-corrected chi connectivity index (χ0v) is 65.5. The summed E-state index contributed by atoms with van der Waals surface area (Å²) in [5.74, 6) is 0.981. The summed E-state index contributed by atoms with van der Waals surface area (Å²) in [5.41, 5.74) is 0. The summed E-state index contributed by atoms with van der Waals surface area (Å²) in [6, 6.07) is 0. The Balaban J connectivity index is 5.25. The van der Waals surface area contributed by atoms with Gasteiger partial charge in [0.25, 0.3) is 0 Å². The van der Waals surface area contributed by atoms with Crippen molar-refractivity contribution < 1.29 is 80.2 Å². The monoisotopic (exact) mass is 1420 g/mol. The third kappa shape index (κ3) is 70.9. The molecule has 0 fully saturated rings. The first-order chi connectivity index (χ1) is 46.6. The zero-order chi connectivity index (χ0) is 71.7. The predicted molar refractivity (Wildman–Crippen MR) is 395 cm³/mol. The molecule has 19 heteroatoms. The fraction of sp³-hybridized carbons (Fsp3) is 0.949. The molecule has 576 valence electrons. The van der Waals surface area contributed by atoms with Crippen LogP contribution in [-0.2, 0) is 65.4 Å². The molecule has 0 saturated carbocycles. The van der Waals surface area contributed by atoms with Gasteiger partial charge in [-0.05, 0) is 49.4 Å². The molecular formula is C78H152O17P2. The lowest BCUT2D eigenvalue weighted by atomic mass is 9.99. The van der Waals surface area contributed by atoms with E-state index >= 15 is 0 Å².